The number of likely N-dealkylation sites (tertiary alicyclic amines) is 1. The van der Waals surface area contributed by atoms with Gasteiger partial charge in [-0.2, -0.15) is 18.3 Å². The largest absolute Gasteiger partial charge is 0.471 e. The summed E-state index contributed by atoms with van der Waals surface area (Å²) in [5.74, 6) is -8.30. The van der Waals surface area contributed by atoms with Crippen molar-refractivity contribution in [3.05, 3.63) is 12.3 Å². The molecule has 2 bridgehead atoms. The number of nitrogens with zero attached hydrogens (tertiary/aromatic N) is 3. The summed E-state index contributed by atoms with van der Waals surface area (Å²) in [6, 6.07) is -0.107. The van der Waals surface area contributed by atoms with Crippen molar-refractivity contribution < 1.29 is 37.1 Å². The van der Waals surface area contributed by atoms with Gasteiger partial charge < -0.3 is 27.0 Å². The second-order valence-corrected chi connectivity index (χ2v) is 13.2. The lowest BCUT2D eigenvalue weighted by molar-refractivity contribution is -0.177. The fourth-order valence-corrected chi connectivity index (χ4v) is 8.16. The van der Waals surface area contributed by atoms with Gasteiger partial charge in [-0.25, -0.2) is 4.68 Å². The molecule has 15 heteroatoms. The molecule has 5 unspecified atom stereocenters. The predicted octanol–water partition coefficient (Wildman–Crippen LogP) is 0.765. The van der Waals surface area contributed by atoms with Gasteiger partial charge in [-0.1, -0.05) is 20.8 Å². The van der Waals surface area contributed by atoms with Gasteiger partial charge in [0.1, 0.15) is 17.4 Å². The summed E-state index contributed by atoms with van der Waals surface area (Å²) in [7, 11) is 0. The summed E-state index contributed by atoms with van der Waals surface area (Å²) in [5.41, 5.74) is 8.87. The molecule has 0 spiro atoms. The van der Waals surface area contributed by atoms with Gasteiger partial charge in [0.15, 0.2) is 0 Å². The first-order chi connectivity index (χ1) is 19.5. The normalized spacial score (nSPS) is 31.6. The maximum atomic E-state index is 14.3. The molecule has 0 radical (unpaired) electrons. The molecule has 2 aliphatic heterocycles. The van der Waals surface area contributed by atoms with Gasteiger partial charge in [0.05, 0.1) is 24.6 Å². The number of rotatable bonds is 7. The second kappa shape index (κ2) is 9.97. The van der Waals surface area contributed by atoms with Crippen LogP contribution in [0.2, 0.25) is 0 Å². The van der Waals surface area contributed by atoms with Gasteiger partial charge in [0, 0.05) is 12.6 Å². The maximum Gasteiger partial charge on any atom is 0.471 e. The second-order valence-electron chi connectivity index (χ2n) is 13.2. The molecule has 3 fully saturated rings. The van der Waals surface area contributed by atoms with Crippen LogP contribution >= 0.6 is 0 Å². The number of carbonyl (C=O) groups excluding carboxylic acids is 5. The summed E-state index contributed by atoms with van der Waals surface area (Å²) in [4.78, 5) is 67.7. The standard InChI is InChI=1S/C27H36F3N7O5/c1-25(2,3)19(35-24(42)27(28,29)30)22(40)36-11-15-12-4-5-13(8-12)18(15)26(36,23(32)41)16(20(31)38)9-14-10-37-17(6-7-33-37)34-21(14)39/h6-7,12-16,18-19H,4-5,8-11H2,1-3H3,(H2,31,38)(H2,32,41)(H,34,39)(H,35,42)/t12?,13?,14-,15?,16-,18?,19-,26?/m1/s1. The van der Waals surface area contributed by atoms with E-state index in [1.807, 2.05) is 5.32 Å². The molecule has 5 rings (SSSR count). The highest BCUT2D eigenvalue weighted by Gasteiger charge is 2.71. The van der Waals surface area contributed by atoms with Gasteiger partial charge in [0.2, 0.25) is 23.6 Å². The highest BCUT2D eigenvalue weighted by molar-refractivity contribution is 6.00. The van der Waals surface area contributed by atoms with Crippen LogP contribution < -0.4 is 22.1 Å². The third kappa shape index (κ3) is 4.60. The van der Waals surface area contributed by atoms with Crippen molar-refractivity contribution in [1.82, 2.24) is 20.0 Å². The van der Waals surface area contributed by atoms with Crippen LogP contribution in [0.25, 0.3) is 0 Å². The number of fused-ring (bicyclic) bond motifs is 6. The molecule has 3 heterocycles. The lowest BCUT2D eigenvalue weighted by Crippen LogP contribution is -2.70. The van der Waals surface area contributed by atoms with Crippen molar-refractivity contribution in [3.8, 4) is 0 Å². The van der Waals surface area contributed by atoms with Crippen LogP contribution in [0.5, 0.6) is 0 Å². The van der Waals surface area contributed by atoms with Crippen LogP contribution in [0.3, 0.4) is 0 Å². The van der Waals surface area contributed by atoms with Crippen LogP contribution in [0.15, 0.2) is 12.3 Å². The number of halogens is 3. The Kier molecular flexibility index (Phi) is 7.08. The number of anilines is 1. The molecule has 2 aliphatic carbocycles. The third-order valence-corrected chi connectivity index (χ3v) is 9.87. The molecule has 5 amide bonds. The van der Waals surface area contributed by atoms with Crippen LogP contribution in [0, 0.1) is 40.9 Å². The molecule has 6 N–H and O–H groups in total. The number of aromatic nitrogens is 2. The van der Waals surface area contributed by atoms with Gasteiger partial charge >= 0.3 is 12.1 Å². The molecule has 230 valence electrons. The van der Waals surface area contributed by atoms with Gasteiger partial charge in [-0.05, 0) is 54.8 Å². The highest BCUT2D eigenvalue weighted by Crippen LogP contribution is 2.63. The number of amides is 5. The Morgan fingerprint density at radius 3 is 2.40 bits per heavy atom. The summed E-state index contributed by atoms with van der Waals surface area (Å²) >= 11 is 0. The molecule has 0 aromatic carbocycles. The van der Waals surface area contributed by atoms with E-state index in [0.29, 0.717) is 5.82 Å². The number of carbonyl (C=O) groups is 5. The fourth-order valence-electron chi connectivity index (χ4n) is 8.16. The van der Waals surface area contributed by atoms with Crippen LogP contribution in [-0.4, -0.2) is 68.5 Å². The summed E-state index contributed by atoms with van der Waals surface area (Å²) in [6.45, 7) is 4.49. The average Bonchev–Trinajstić information content (AvgIpc) is 3.65. The zero-order valence-electron chi connectivity index (χ0n) is 23.6. The van der Waals surface area contributed by atoms with E-state index in [9.17, 15) is 37.1 Å². The van der Waals surface area contributed by atoms with E-state index in [2.05, 4.69) is 10.4 Å². The van der Waals surface area contributed by atoms with Crippen molar-refractivity contribution >= 4 is 35.4 Å². The summed E-state index contributed by atoms with van der Waals surface area (Å²) in [6.07, 6.45) is -1.70. The van der Waals surface area contributed by atoms with Crippen molar-refractivity contribution in [1.29, 1.82) is 0 Å². The number of primary amides is 2. The first-order valence-electron chi connectivity index (χ1n) is 14.1. The molecule has 1 aromatic rings. The minimum atomic E-state index is -5.26. The first-order valence-corrected chi connectivity index (χ1v) is 14.1. The van der Waals surface area contributed by atoms with Gasteiger partial charge in [0.25, 0.3) is 0 Å². The fraction of sp³-hybridized carbons (Fsp3) is 0.704. The molecule has 2 saturated carbocycles. The Bertz CT molecular complexity index is 1320. The Balaban J connectivity index is 1.60. The first kappa shape index (κ1) is 29.8. The van der Waals surface area contributed by atoms with Crippen LogP contribution in [-0.2, 0) is 30.5 Å². The van der Waals surface area contributed by atoms with Gasteiger partial charge in [-0.3, -0.25) is 24.0 Å². The zero-order chi connectivity index (χ0) is 30.9. The van der Waals surface area contributed by atoms with Crippen molar-refractivity contribution in [3.63, 3.8) is 0 Å². The van der Waals surface area contributed by atoms with Crippen molar-refractivity contribution in [2.45, 2.75) is 70.8 Å². The van der Waals surface area contributed by atoms with Crippen molar-refractivity contribution in [2.75, 3.05) is 11.9 Å². The molecule has 1 aromatic heterocycles. The minimum Gasteiger partial charge on any atom is -0.369 e. The van der Waals surface area contributed by atoms with Crippen molar-refractivity contribution in [2.24, 2.45) is 52.4 Å². The Morgan fingerprint density at radius 2 is 1.81 bits per heavy atom. The Labute approximate surface area is 240 Å². The SMILES string of the molecule is CC(C)(C)[C@H](NC(=O)C(F)(F)F)C(=O)N1CC2C3CCC(C3)C2C1(C(N)=O)[C@H](C[C@@H]1Cn2nccc2NC1=O)C(N)=O. The molecule has 8 atom stereocenters. The number of hydrogen-bond donors (Lipinski definition) is 4. The Hall–Kier alpha value is -3.65. The number of nitrogens with one attached hydrogen (secondary N) is 2. The van der Waals surface area contributed by atoms with E-state index in [1.165, 1.54) is 31.6 Å². The predicted molar refractivity (Wildman–Crippen MR) is 141 cm³/mol. The lowest BCUT2D eigenvalue weighted by atomic mass is 9.63. The summed E-state index contributed by atoms with van der Waals surface area (Å²) in [5, 5.41) is 8.69. The molecule has 4 aliphatic rings. The lowest BCUT2D eigenvalue weighted by Gasteiger charge is -2.48. The van der Waals surface area contributed by atoms with E-state index < -0.39 is 70.5 Å². The van der Waals surface area contributed by atoms with E-state index in [-0.39, 0.29) is 37.3 Å². The van der Waals surface area contributed by atoms with E-state index in [0.717, 1.165) is 24.2 Å². The zero-order valence-corrected chi connectivity index (χ0v) is 23.6. The maximum absolute atomic E-state index is 14.3. The molecule has 1 saturated heterocycles. The van der Waals surface area contributed by atoms with Crippen LogP contribution in [0.1, 0.15) is 46.5 Å². The highest BCUT2D eigenvalue weighted by atomic mass is 19.4. The van der Waals surface area contributed by atoms with Gasteiger partial charge in [-0.15, -0.1) is 0 Å². The Morgan fingerprint density at radius 1 is 1.14 bits per heavy atom. The molecular weight excluding hydrogens is 559 g/mol. The number of nitrogens with two attached hydrogens (primary N) is 2. The number of hydrogen-bond acceptors (Lipinski definition) is 6. The van der Waals surface area contributed by atoms with Crippen LogP contribution in [0.4, 0.5) is 19.0 Å². The molecular formula is C27H36F3N7O5. The van der Waals surface area contributed by atoms with E-state index in [1.54, 1.807) is 6.07 Å². The third-order valence-electron chi connectivity index (χ3n) is 9.87. The topological polar surface area (TPSA) is 183 Å². The molecule has 42 heavy (non-hydrogen) atoms. The van der Waals surface area contributed by atoms with E-state index >= 15 is 0 Å². The van der Waals surface area contributed by atoms with E-state index in [4.69, 9.17) is 11.5 Å². The quantitative estimate of drug-likeness (QED) is 0.361. The minimum absolute atomic E-state index is 0.0357. The average molecular weight is 596 g/mol. The monoisotopic (exact) mass is 595 g/mol. The molecule has 12 nitrogen and oxygen atoms in total. The number of alkyl halides is 3. The summed E-state index contributed by atoms with van der Waals surface area (Å²) < 4.78 is 41.5. The smallest absolute Gasteiger partial charge is 0.369 e.